The molecule has 0 aliphatic rings. The van der Waals surface area contributed by atoms with Crippen LogP contribution in [0.3, 0.4) is 0 Å². The summed E-state index contributed by atoms with van der Waals surface area (Å²) in [7, 11) is 0. The van der Waals surface area contributed by atoms with Gasteiger partial charge >= 0.3 is 0 Å². The van der Waals surface area contributed by atoms with Gasteiger partial charge in [0.15, 0.2) is 5.96 Å². The molecule has 0 aliphatic heterocycles. The summed E-state index contributed by atoms with van der Waals surface area (Å²) in [6.07, 6.45) is 1.58. The minimum Gasteiger partial charge on any atom is -0.467 e. The summed E-state index contributed by atoms with van der Waals surface area (Å²) >= 11 is 0. The Labute approximate surface area is 165 Å². The molecule has 0 saturated carbocycles. The van der Waals surface area contributed by atoms with E-state index in [9.17, 15) is 4.79 Å². The van der Waals surface area contributed by atoms with Crippen LogP contribution in [0.15, 0.2) is 52.1 Å². The number of nitrogens with two attached hydrogens (primary N) is 1. The summed E-state index contributed by atoms with van der Waals surface area (Å²) in [6, 6.07) is 11.0. The maximum Gasteiger partial charge on any atom is 0.251 e. The van der Waals surface area contributed by atoms with Crippen LogP contribution in [-0.4, -0.2) is 29.9 Å². The van der Waals surface area contributed by atoms with Gasteiger partial charge in [-0.05, 0) is 43.7 Å². The predicted octanol–water partition coefficient (Wildman–Crippen LogP) is 2.98. The van der Waals surface area contributed by atoms with E-state index in [0.717, 1.165) is 24.4 Å². The molecule has 1 aromatic heterocycles. The quantitative estimate of drug-likeness (QED) is 0.381. The smallest absolute Gasteiger partial charge is 0.251 e. The summed E-state index contributed by atoms with van der Waals surface area (Å²) < 4.78 is 5.20. The highest BCUT2D eigenvalue weighted by molar-refractivity contribution is 14.0. The van der Waals surface area contributed by atoms with E-state index in [1.165, 1.54) is 0 Å². The minimum absolute atomic E-state index is 0. The molecule has 0 fully saturated rings. The zero-order valence-corrected chi connectivity index (χ0v) is 16.9. The third-order valence-corrected chi connectivity index (χ3v) is 3.70. The fourth-order valence-corrected chi connectivity index (χ4v) is 2.31. The largest absolute Gasteiger partial charge is 0.467 e. The van der Waals surface area contributed by atoms with Crippen molar-refractivity contribution in [1.82, 2.24) is 10.2 Å². The lowest BCUT2D eigenvalue weighted by Crippen LogP contribution is -2.37. The molecule has 3 N–H and O–H groups in total. The molecule has 136 valence electrons. The van der Waals surface area contributed by atoms with E-state index in [4.69, 9.17) is 10.2 Å². The van der Waals surface area contributed by atoms with Gasteiger partial charge in [0, 0.05) is 18.7 Å². The molecule has 25 heavy (non-hydrogen) atoms. The van der Waals surface area contributed by atoms with Gasteiger partial charge in [-0.2, -0.15) is 0 Å². The molecule has 0 unspecified atom stereocenters. The lowest BCUT2D eigenvalue weighted by Gasteiger charge is -2.19. The topological polar surface area (TPSA) is 83.9 Å². The number of nitrogens with zero attached hydrogens (tertiary/aromatic N) is 2. The van der Waals surface area contributed by atoms with Gasteiger partial charge in [-0.25, -0.2) is 4.99 Å². The normalized spacial score (nSPS) is 10.9. The second-order valence-electron chi connectivity index (χ2n) is 5.31. The van der Waals surface area contributed by atoms with Crippen LogP contribution < -0.4 is 11.1 Å². The Balaban J connectivity index is 0.00000312. The first-order valence-electron chi connectivity index (χ1n) is 8.08. The molecular formula is C18H25IN4O2. The average Bonchev–Trinajstić information content (AvgIpc) is 3.12. The van der Waals surface area contributed by atoms with Crippen molar-refractivity contribution in [2.75, 3.05) is 13.1 Å². The van der Waals surface area contributed by atoms with Crippen molar-refractivity contribution in [3.8, 4) is 0 Å². The van der Waals surface area contributed by atoms with E-state index in [-0.39, 0.29) is 29.9 Å². The van der Waals surface area contributed by atoms with Crippen molar-refractivity contribution in [3.63, 3.8) is 0 Å². The number of nitrogens with one attached hydrogen (secondary N) is 1. The maximum atomic E-state index is 12.2. The third kappa shape index (κ3) is 6.41. The second-order valence-corrected chi connectivity index (χ2v) is 5.31. The second kappa shape index (κ2) is 10.8. The molecular weight excluding hydrogens is 431 g/mol. The van der Waals surface area contributed by atoms with Crippen molar-refractivity contribution in [3.05, 3.63) is 59.5 Å². The molecule has 7 heteroatoms. The SMILES string of the molecule is CCN(CC)C(N)=NCc1cccc(C(=O)NCc2ccco2)c1.I. The van der Waals surface area contributed by atoms with Crippen LogP contribution in [0, 0.1) is 0 Å². The molecule has 0 radical (unpaired) electrons. The van der Waals surface area contributed by atoms with Crippen LogP contribution in [0.4, 0.5) is 0 Å². The number of furan rings is 1. The Hall–Kier alpha value is -2.03. The molecule has 0 bridgehead atoms. The van der Waals surface area contributed by atoms with Gasteiger partial charge in [-0.3, -0.25) is 4.79 Å². The molecule has 0 atom stereocenters. The van der Waals surface area contributed by atoms with Gasteiger partial charge in [-0.15, -0.1) is 24.0 Å². The van der Waals surface area contributed by atoms with Gasteiger partial charge in [0.1, 0.15) is 5.76 Å². The monoisotopic (exact) mass is 456 g/mol. The lowest BCUT2D eigenvalue weighted by molar-refractivity contribution is 0.0948. The van der Waals surface area contributed by atoms with Crippen molar-refractivity contribution in [2.24, 2.45) is 10.7 Å². The molecule has 2 rings (SSSR count). The molecule has 1 aromatic carbocycles. The molecule has 6 nitrogen and oxygen atoms in total. The number of halogens is 1. The Morgan fingerprint density at radius 3 is 2.64 bits per heavy atom. The zero-order valence-electron chi connectivity index (χ0n) is 14.6. The Morgan fingerprint density at radius 2 is 2.00 bits per heavy atom. The number of aliphatic imine (C=N–C) groups is 1. The molecule has 0 aliphatic carbocycles. The third-order valence-electron chi connectivity index (χ3n) is 3.70. The van der Waals surface area contributed by atoms with E-state index in [2.05, 4.69) is 10.3 Å². The van der Waals surface area contributed by atoms with Crippen LogP contribution in [0.1, 0.15) is 35.5 Å². The number of amides is 1. The highest BCUT2D eigenvalue weighted by Gasteiger charge is 2.07. The minimum atomic E-state index is -0.144. The van der Waals surface area contributed by atoms with E-state index in [0.29, 0.717) is 24.6 Å². The highest BCUT2D eigenvalue weighted by Crippen LogP contribution is 2.08. The van der Waals surface area contributed by atoms with Crippen molar-refractivity contribution in [2.45, 2.75) is 26.9 Å². The Morgan fingerprint density at radius 1 is 1.24 bits per heavy atom. The predicted molar refractivity (Wildman–Crippen MR) is 110 cm³/mol. The van der Waals surface area contributed by atoms with Crippen LogP contribution in [-0.2, 0) is 13.1 Å². The van der Waals surface area contributed by atoms with Gasteiger partial charge in [0.05, 0.1) is 19.4 Å². The first kappa shape index (κ1) is 21.0. The molecule has 2 aromatic rings. The first-order chi connectivity index (χ1) is 11.6. The number of rotatable bonds is 7. The number of guanidine groups is 1. The summed E-state index contributed by atoms with van der Waals surface area (Å²) in [5, 5.41) is 2.83. The number of carbonyl (C=O) groups excluding carboxylic acids is 1. The summed E-state index contributed by atoms with van der Waals surface area (Å²) in [4.78, 5) is 18.6. The first-order valence-corrected chi connectivity index (χ1v) is 8.08. The summed E-state index contributed by atoms with van der Waals surface area (Å²) in [6.45, 7) is 6.53. The van der Waals surface area contributed by atoms with Crippen LogP contribution in [0.5, 0.6) is 0 Å². The Kier molecular flexibility index (Phi) is 9.04. The molecule has 0 spiro atoms. The number of benzene rings is 1. The Bertz CT molecular complexity index is 682. The zero-order chi connectivity index (χ0) is 17.4. The average molecular weight is 456 g/mol. The fourth-order valence-electron chi connectivity index (χ4n) is 2.31. The van der Waals surface area contributed by atoms with Gasteiger partial charge in [0.25, 0.3) is 5.91 Å². The molecule has 1 heterocycles. The number of hydrogen-bond donors (Lipinski definition) is 2. The van der Waals surface area contributed by atoms with Crippen molar-refractivity contribution in [1.29, 1.82) is 0 Å². The van der Waals surface area contributed by atoms with Gasteiger partial charge < -0.3 is 20.4 Å². The van der Waals surface area contributed by atoms with Gasteiger partial charge in [0.2, 0.25) is 0 Å². The highest BCUT2D eigenvalue weighted by atomic mass is 127. The van der Waals surface area contributed by atoms with Crippen LogP contribution >= 0.6 is 24.0 Å². The molecule has 0 saturated heterocycles. The standard InChI is InChI=1S/C18H24N4O2.HI/c1-3-22(4-2)18(19)21-12-14-7-5-8-15(11-14)17(23)20-13-16-9-6-10-24-16;/h5-11H,3-4,12-13H2,1-2H3,(H2,19,21)(H,20,23);1H. The number of hydrogen-bond acceptors (Lipinski definition) is 3. The summed E-state index contributed by atoms with van der Waals surface area (Å²) in [5.74, 6) is 1.10. The van der Waals surface area contributed by atoms with Crippen molar-refractivity contribution < 1.29 is 9.21 Å². The fraction of sp³-hybridized carbons (Fsp3) is 0.333. The van der Waals surface area contributed by atoms with E-state index < -0.39 is 0 Å². The molecule has 1 amide bonds. The van der Waals surface area contributed by atoms with E-state index in [1.807, 2.05) is 43.0 Å². The van der Waals surface area contributed by atoms with Gasteiger partial charge in [-0.1, -0.05) is 12.1 Å². The lowest BCUT2D eigenvalue weighted by atomic mass is 10.1. The van der Waals surface area contributed by atoms with Crippen LogP contribution in [0.25, 0.3) is 0 Å². The summed E-state index contributed by atoms with van der Waals surface area (Å²) in [5.41, 5.74) is 7.51. The number of carbonyl (C=O) groups is 1. The van der Waals surface area contributed by atoms with Crippen molar-refractivity contribution >= 4 is 35.8 Å². The maximum absolute atomic E-state index is 12.2. The van der Waals surface area contributed by atoms with Crippen LogP contribution in [0.2, 0.25) is 0 Å². The van der Waals surface area contributed by atoms with E-state index >= 15 is 0 Å². The van der Waals surface area contributed by atoms with E-state index in [1.54, 1.807) is 18.4 Å².